The number of rotatable bonds is 8. The first-order valence-electron chi connectivity index (χ1n) is 7.40. The first-order valence-corrected chi connectivity index (χ1v) is 9.05. The average molecular weight is 439 g/mol. The standard InChI is InChI=1S/C15H25N3O2S.HI/c1-3-11-17-15(16-4-2)18-12-8-13-21(19,20)14-9-6-5-7-10-14;/h5-7,9-10H,3-4,8,11-13H2,1-2H3,(H2,16,17,18);1H. The zero-order valence-corrected chi connectivity index (χ0v) is 16.4. The Hall–Kier alpha value is -0.830. The van der Waals surface area contributed by atoms with Crippen molar-refractivity contribution >= 4 is 39.8 Å². The fourth-order valence-corrected chi connectivity index (χ4v) is 3.11. The van der Waals surface area contributed by atoms with Gasteiger partial charge in [0.15, 0.2) is 15.8 Å². The molecule has 0 fully saturated rings. The van der Waals surface area contributed by atoms with Gasteiger partial charge in [0.2, 0.25) is 0 Å². The van der Waals surface area contributed by atoms with Crippen LogP contribution in [0.3, 0.4) is 0 Å². The molecule has 5 nitrogen and oxygen atoms in total. The van der Waals surface area contributed by atoms with Gasteiger partial charge >= 0.3 is 0 Å². The van der Waals surface area contributed by atoms with E-state index in [1.165, 1.54) is 0 Å². The molecular weight excluding hydrogens is 413 g/mol. The van der Waals surface area contributed by atoms with E-state index in [4.69, 9.17) is 0 Å². The Labute approximate surface area is 150 Å². The summed E-state index contributed by atoms with van der Waals surface area (Å²) in [5.41, 5.74) is 0. The quantitative estimate of drug-likeness (QED) is 0.283. The van der Waals surface area contributed by atoms with Crippen molar-refractivity contribution in [3.63, 3.8) is 0 Å². The van der Waals surface area contributed by atoms with Gasteiger partial charge in [-0.15, -0.1) is 24.0 Å². The predicted molar refractivity (Wildman–Crippen MR) is 103 cm³/mol. The molecule has 0 atom stereocenters. The van der Waals surface area contributed by atoms with Crippen LogP contribution < -0.4 is 10.6 Å². The van der Waals surface area contributed by atoms with Crippen LogP contribution in [-0.2, 0) is 9.84 Å². The largest absolute Gasteiger partial charge is 0.357 e. The molecule has 22 heavy (non-hydrogen) atoms. The van der Waals surface area contributed by atoms with E-state index in [1.807, 2.05) is 13.0 Å². The minimum atomic E-state index is -3.19. The van der Waals surface area contributed by atoms with Gasteiger partial charge in [0.25, 0.3) is 0 Å². The maximum absolute atomic E-state index is 12.1. The molecule has 0 bridgehead atoms. The monoisotopic (exact) mass is 439 g/mol. The number of aliphatic imine (C=N–C) groups is 1. The molecule has 0 saturated heterocycles. The van der Waals surface area contributed by atoms with Gasteiger partial charge in [-0.25, -0.2) is 8.42 Å². The van der Waals surface area contributed by atoms with Gasteiger partial charge in [0, 0.05) is 19.6 Å². The minimum absolute atomic E-state index is 0. The molecule has 0 unspecified atom stereocenters. The van der Waals surface area contributed by atoms with Crippen LogP contribution in [0.2, 0.25) is 0 Å². The molecule has 2 N–H and O–H groups in total. The van der Waals surface area contributed by atoms with Gasteiger partial charge in [-0.3, -0.25) is 4.99 Å². The fourth-order valence-electron chi connectivity index (χ4n) is 1.78. The van der Waals surface area contributed by atoms with Crippen LogP contribution in [0, 0.1) is 0 Å². The summed E-state index contributed by atoms with van der Waals surface area (Å²) in [6.07, 6.45) is 1.53. The third kappa shape index (κ3) is 7.98. The number of hydrogen-bond acceptors (Lipinski definition) is 3. The number of hydrogen-bond donors (Lipinski definition) is 2. The highest BCUT2D eigenvalue weighted by Gasteiger charge is 2.12. The van der Waals surface area contributed by atoms with Crippen molar-refractivity contribution in [1.82, 2.24) is 10.6 Å². The second-order valence-corrected chi connectivity index (χ2v) is 6.78. The van der Waals surface area contributed by atoms with Crippen LogP contribution in [0.4, 0.5) is 0 Å². The van der Waals surface area contributed by atoms with E-state index in [9.17, 15) is 8.42 Å². The Morgan fingerprint density at radius 2 is 1.82 bits per heavy atom. The smallest absolute Gasteiger partial charge is 0.191 e. The Balaban J connectivity index is 0.00000441. The normalized spacial score (nSPS) is 11.6. The number of benzene rings is 1. The molecule has 0 aliphatic carbocycles. The van der Waals surface area contributed by atoms with Crippen LogP contribution in [0.25, 0.3) is 0 Å². The van der Waals surface area contributed by atoms with E-state index in [-0.39, 0.29) is 29.7 Å². The second-order valence-electron chi connectivity index (χ2n) is 4.67. The first-order chi connectivity index (χ1) is 10.1. The molecule has 1 aromatic carbocycles. The van der Waals surface area contributed by atoms with Crippen molar-refractivity contribution in [3.05, 3.63) is 30.3 Å². The molecule has 0 saturated carbocycles. The number of sulfone groups is 1. The molecule has 0 aromatic heterocycles. The van der Waals surface area contributed by atoms with Gasteiger partial charge in [-0.1, -0.05) is 25.1 Å². The van der Waals surface area contributed by atoms with E-state index in [1.54, 1.807) is 24.3 Å². The van der Waals surface area contributed by atoms with Crippen molar-refractivity contribution in [2.24, 2.45) is 4.99 Å². The molecule has 1 aromatic rings. The predicted octanol–water partition coefficient (Wildman–Crippen LogP) is 2.43. The zero-order chi connectivity index (χ0) is 15.6. The van der Waals surface area contributed by atoms with Gasteiger partial charge in [0.1, 0.15) is 0 Å². The lowest BCUT2D eigenvalue weighted by Crippen LogP contribution is -2.38. The zero-order valence-electron chi connectivity index (χ0n) is 13.2. The van der Waals surface area contributed by atoms with Crippen LogP contribution >= 0.6 is 24.0 Å². The van der Waals surface area contributed by atoms with E-state index in [2.05, 4.69) is 22.5 Å². The summed E-state index contributed by atoms with van der Waals surface area (Å²) in [6.45, 7) is 6.21. The Morgan fingerprint density at radius 1 is 1.14 bits per heavy atom. The van der Waals surface area contributed by atoms with Crippen molar-refractivity contribution in [1.29, 1.82) is 0 Å². The Morgan fingerprint density at radius 3 is 2.41 bits per heavy atom. The summed E-state index contributed by atoms with van der Waals surface area (Å²) in [5, 5.41) is 6.29. The van der Waals surface area contributed by atoms with Gasteiger partial charge in [0.05, 0.1) is 10.6 Å². The third-order valence-corrected chi connectivity index (χ3v) is 4.64. The molecule has 7 heteroatoms. The van der Waals surface area contributed by atoms with Crippen LogP contribution in [0.15, 0.2) is 40.2 Å². The highest BCUT2D eigenvalue weighted by atomic mass is 127. The Bertz CT molecular complexity index is 533. The minimum Gasteiger partial charge on any atom is -0.357 e. The van der Waals surface area contributed by atoms with Crippen molar-refractivity contribution in [2.75, 3.05) is 25.4 Å². The summed E-state index contributed by atoms with van der Waals surface area (Å²) in [6, 6.07) is 8.57. The SMILES string of the molecule is CCCN=C(NCC)NCCCS(=O)(=O)c1ccccc1.I. The van der Waals surface area contributed by atoms with E-state index in [0.717, 1.165) is 25.5 Å². The fraction of sp³-hybridized carbons (Fsp3) is 0.533. The highest BCUT2D eigenvalue weighted by molar-refractivity contribution is 14.0. The Kier molecular flexibility index (Phi) is 11.3. The lowest BCUT2D eigenvalue weighted by atomic mass is 10.4. The molecule has 0 aliphatic heterocycles. The van der Waals surface area contributed by atoms with Gasteiger partial charge in [-0.2, -0.15) is 0 Å². The van der Waals surface area contributed by atoms with Crippen molar-refractivity contribution < 1.29 is 8.42 Å². The summed E-state index contributed by atoms with van der Waals surface area (Å²) in [7, 11) is -3.19. The third-order valence-electron chi connectivity index (χ3n) is 2.82. The van der Waals surface area contributed by atoms with Crippen molar-refractivity contribution in [3.8, 4) is 0 Å². The maximum atomic E-state index is 12.1. The average Bonchev–Trinajstić information content (AvgIpc) is 2.50. The topological polar surface area (TPSA) is 70.6 Å². The second kappa shape index (κ2) is 11.7. The lowest BCUT2D eigenvalue weighted by molar-refractivity contribution is 0.592. The molecule has 1 rings (SSSR count). The molecule has 0 aliphatic rings. The number of nitrogens with one attached hydrogen (secondary N) is 2. The molecular formula is C15H26IN3O2S. The van der Waals surface area contributed by atoms with Gasteiger partial charge < -0.3 is 10.6 Å². The number of halogens is 1. The van der Waals surface area contributed by atoms with E-state index in [0.29, 0.717) is 17.9 Å². The maximum Gasteiger partial charge on any atom is 0.191 e. The summed E-state index contributed by atoms with van der Waals surface area (Å²) >= 11 is 0. The van der Waals surface area contributed by atoms with Gasteiger partial charge in [-0.05, 0) is 31.9 Å². The van der Waals surface area contributed by atoms with Crippen LogP contribution in [0.5, 0.6) is 0 Å². The number of guanidine groups is 1. The summed E-state index contributed by atoms with van der Waals surface area (Å²) < 4.78 is 24.2. The molecule has 0 amide bonds. The van der Waals surface area contributed by atoms with Crippen LogP contribution in [-0.4, -0.2) is 39.8 Å². The first kappa shape index (κ1) is 21.2. The van der Waals surface area contributed by atoms with Crippen molar-refractivity contribution in [2.45, 2.75) is 31.6 Å². The molecule has 0 spiro atoms. The van der Waals surface area contributed by atoms with E-state index < -0.39 is 9.84 Å². The molecule has 126 valence electrons. The highest BCUT2D eigenvalue weighted by Crippen LogP contribution is 2.10. The summed E-state index contributed by atoms with van der Waals surface area (Å²) in [4.78, 5) is 4.75. The lowest BCUT2D eigenvalue weighted by Gasteiger charge is -2.11. The summed E-state index contributed by atoms with van der Waals surface area (Å²) in [5.74, 6) is 0.883. The van der Waals surface area contributed by atoms with Crippen LogP contribution in [0.1, 0.15) is 26.7 Å². The van der Waals surface area contributed by atoms with E-state index >= 15 is 0 Å². The number of nitrogens with zero attached hydrogens (tertiary/aromatic N) is 1. The molecule has 0 heterocycles. The molecule has 0 radical (unpaired) electrons.